The number of methoxy groups -OCH3 is 1. The van der Waals surface area contributed by atoms with Crippen LogP contribution >= 0.6 is 23.8 Å². The number of aromatic nitrogens is 3. The zero-order chi connectivity index (χ0) is 14.1. The van der Waals surface area contributed by atoms with Crippen LogP contribution in [0.25, 0.3) is 11.0 Å². The number of nitrogens with zero attached hydrogens (tertiary/aromatic N) is 2. The molecule has 102 valence electrons. The van der Waals surface area contributed by atoms with Gasteiger partial charge in [-0.3, -0.25) is 0 Å². The van der Waals surface area contributed by atoms with Crippen molar-refractivity contribution >= 4 is 34.9 Å². The molecule has 2 heterocycles. The Bertz CT molecular complexity index is 807. The van der Waals surface area contributed by atoms with Gasteiger partial charge in [0.15, 0.2) is 9.92 Å². The average Bonchev–Trinajstić information content (AvgIpc) is 2.78. The highest BCUT2D eigenvalue weighted by Gasteiger charge is 2.08. The number of hydrogen-bond acceptors (Lipinski definition) is 3. The summed E-state index contributed by atoms with van der Waals surface area (Å²) in [7, 11) is 1.65. The Labute approximate surface area is 126 Å². The maximum absolute atomic E-state index is 6.07. The van der Waals surface area contributed by atoms with Gasteiger partial charge in [-0.05, 0) is 36.0 Å². The third kappa shape index (κ3) is 2.30. The Balaban J connectivity index is 2.04. The minimum absolute atomic E-state index is 0.432. The van der Waals surface area contributed by atoms with E-state index in [1.54, 1.807) is 13.3 Å². The molecule has 0 saturated heterocycles. The van der Waals surface area contributed by atoms with Crippen molar-refractivity contribution in [2.24, 2.45) is 0 Å². The van der Waals surface area contributed by atoms with E-state index >= 15 is 0 Å². The van der Waals surface area contributed by atoms with Crippen molar-refractivity contribution in [2.45, 2.75) is 6.54 Å². The van der Waals surface area contributed by atoms with Crippen LogP contribution in [0.1, 0.15) is 5.56 Å². The molecule has 0 unspecified atom stereocenters. The summed E-state index contributed by atoms with van der Waals surface area (Å²) < 4.78 is 7.79. The second-order valence-corrected chi connectivity index (χ2v) is 5.10. The standard InChI is InChI=1S/C14H12ClN3OS/c1-19-10-4-2-9(3-5-10)8-18-11-6-7-16-13(15)12(11)17-14(18)20/h2-7H,8H2,1H3,(H,17,20). The zero-order valence-electron chi connectivity index (χ0n) is 10.8. The summed E-state index contributed by atoms with van der Waals surface area (Å²) in [6, 6.07) is 9.80. The van der Waals surface area contributed by atoms with Crippen molar-refractivity contribution in [3.63, 3.8) is 0 Å². The normalized spacial score (nSPS) is 10.9. The van der Waals surface area contributed by atoms with Gasteiger partial charge in [0.1, 0.15) is 11.3 Å². The van der Waals surface area contributed by atoms with E-state index in [4.69, 9.17) is 28.6 Å². The van der Waals surface area contributed by atoms with Gasteiger partial charge in [-0.2, -0.15) is 0 Å². The largest absolute Gasteiger partial charge is 0.497 e. The van der Waals surface area contributed by atoms with Gasteiger partial charge < -0.3 is 14.3 Å². The first kappa shape index (κ1) is 13.1. The summed E-state index contributed by atoms with van der Waals surface area (Å²) in [5.74, 6) is 0.837. The molecule has 0 atom stereocenters. The summed E-state index contributed by atoms with van der Waals surface area (Å²) in [5.41, 5.74) is 2.86. The lowest BCUT2D eigenvalue weighted by Crippen LogP contribution is -1.99. The van der Waals surface area contributed by atoms with Gasteiger partial charge in [0.2, 0.25) is 0 Å². The number of rotatable bonds is 3. The minimum atomic E-state index is 0.432. The van der Waals surface area contributed by atoms with E-state index in [9.17, 15) is 0 Å². The Morgan fingerprint density at radius 3 is 2.75 bits per heavy atom. The van der Waals surface area contributed by atoms with Gasteiger partial charge >= 0.3 is 0 Å². The van der Waals surface area contributed by atoms with Crippen LogP contribution in [0, 0.1) is 4.77 Å². The molecule has 3 aromatic rings. The number of imidazole rings is 1. The molecule has 0 saturated carbocycles. The Morgan fingerprint density at radius 1 is 1.30 bits per heavy atom. The lowest BCUT2D eigenvalue weighted by Gasteiger charge is -2.06. The topological polar surface area (TPSA) is 42.8 Å². The monoisotopic (exact) mass is 305 g/mol. The number of H-pyrrole nitrogens is 1. The van der Waals surface area contributed by atoms with E-state index in [0.29, 0.717) is 16.5 Å². The van der Waals surface area contributed by atoms with Gasteiger partial charge in [-0.25, -0.2) is 4.98 Å². The predicted octanol–water partition coefficient (Wildman–Crippen LogP) is 3.80. The molecule has 4 nitrogen and oxygen atoms in total. The van der Waals surface area contributed by atoms with Gasteiger partial charge in [-0.15, -0.1) is 0 Å². The fourth-order valence-corrected chi connectivity index (χ4v) is 2.59. The number of aromatic amines is 1. The van der Waals surface area contributed by atoms with Crippen molar-refractivity contribution in [3.05, 3.63) is 52.0 Å². The molecule has 3 rings (SSSR count). The molecule has 0 amide bonds. The van der Waals surface area contributed by atoms with Crippen molar-refractivity contribution in [1.29, 1.82) is 0 Å². The molecule has 0 aliphatic heterocycles. The first-order chi connectivity index (χ1) is 9.69. The summed E-state index contributed by atoms with van der Waals surface area (Å²) in [6.07, 6.45) is 1.68. The lowest BCUT2D eigenvalue weighted by molar-refractivity contribution is 0.414. The maximum atomic E-state index is 6.07. The number of pyridine rings is 1. The van der Waals surface area contributed by atoms with Crippen molar-refractivity contribution in [2.75, 3.05) is 7.11 Å². The second kappa shape index (κ2) is 5.26. The van der Waals surface area contributed by atoms with Crippen LogP contribution in [-0.2, 0) is 6.54 Å². The molecule has 6 heteroatoms. The average molecular weight is 306 g/mol. The van der Waals surface area contributed by atoms with E-state index in [1.807, 2.05) is 34.9 Å². The smallest absolute Gasteiger partial charge is 0.178 e. The maximum Gasteiger partial charge on any atom is 0.178 e. The van der Waals surface area contributed by atoms with Crippen LogP contribution in [-0.4, -0.2) is 21.6 Å². The van der Waals surface area contributed by atoms with Crippen LogP contribution in [0.5, 0.6) is 5.75 Å². The Hall–Kier alpha value is -1.85. The summed E-state index contributed by atoms with van der Waals surface area (Å²) in [5, 5.41) is 0.432. The van der Waals surface area contributed by atoms with Crippen molar-refractivity contribution in [1.82, 2.24) is 14.5 Å². The quantitative estimate of drug-likeness (QED) is 0.591. The number of benzene rings is 1. The second-order valence-electron chi connectivity index (χ2n) is 4.36. The molecule has 0 bridgehead atoms. The summed E-state index contributed by atoms with van der Waals surface area (Å²) >= 11 is 11.4. The zero-order valence-corrected chi connectivity index (χ0v) is 12.3. The number of ether oxygens (including phenoxy) is 1. The molecule has 0 spiro atoms. The van der Waals surface area contributed by atoms with E-state index < -0.39 is 0 Å². The first-order valence-electron chi connectivity index (χ1n) is 6.05. The number of hydrogen-bond donors (Lipinski definition) is 1. The van der Waals surface area contributed by atoms with Crippen LogP contribution < -0.4 is 4.74 Å². The lowest BCUT2D eigenvalue weighted by atomic mass is 10.2. The van der Waals surface area contributed by atoms with Crippen LogP contribution in [0.3, 0.4) is 0 Å². The highest BCUT2D eigenvalue weighted by atomic mass is 35.5. The first-order valence-corrected chi connectivity index (χ1v) is 6.83. The molecule has 20 heavy (non-hydrogen) atoms. The highest BCUT2D eigenvalue weighted by molar-refractivity contribution is 7.71. The molecule has 0 radical (unpaired) electrons. The van der Waals surface area contributed by atoms with Gasteiger partial charge in [-0.1, -0.05) is 23.7 Å². The predicted molar refractivity (Wildman–Crippen MR) is 82.0 cm³/mol. The van der Waals surface area contributed by atoms with Crippen LogP contribution in [0.15, 0.2) is 36.5 Å². The van der Waals surface area contributed by atoms with Crippen LogP contribution in [0.2, 0.25) is 5.15 Å². The van der Waals surface area contributed by atoms with E-state index in [1.165, 1.54) is 0 Å². The molecule has 0 aliphatic rings. The highest BCUT2D eigenvalue weighted by Crippen LogP contribution is 2.21. The van der Waals surface area contributed by atoms with Gasteiger partial charge in [0.05, 0.1) is 19.2 Å². The SMILES string of the molecule is COc1ccc(Cn2c(=S)[nH]c3c(Cl)nccc32)cc1. The molecular weight excluding hydrogens is 294 g/mol. The van der Waals surface area contributed by atoms with Crippen molar-refractivity contribution < 1.29 is 4.74 Å². The summed E-state index contributed by atoms with van der Waals surface area (Å²) in [6.45, 7) is 0.670. The van der Waals surface area contributed by atoms with Crippen LogP contribution in [0.4, 0.5) is 0 Å². The minimum Gasteiger partial charge on any atom is -0.497 e. The molecular formula is C14H12ClN3OS. The number of fused-ring (bicyclic) bond motifs is 1. The fraction of sp³-hybridized carbons (Fsp3) is 0.143. The Kier molecular flexibility index (Phi) is 3.46. The third-order valence-electron chi connectivity index (χ3n) is 3.15. The van der Waals surface area contributed by atoms with E-state index in [2.05, 4.69) is 9.97 Å². The van der Waals surface area contributed by atoms with Crippen molar-refractivity contribution in [3.8, 4) is 5.75 Å². The molecule has 2 aromatic heterocycles. The Morgan fingerprint density at radius 2 is 2.05 bits per heavy atom. The van der Waals surface area contributed by atoms with Gasteiger partial charge in [0, 0.05) is 6.20 Å². The molecule has 0 aliphatic carbocycles. The molecule has 0 fully saturated rings. The fourth-order valence-electron chi connectivity index (χ4n) is 2.12. The molecule has 1 aromatic carbocycles. The van der Waals surface area contributed by atoms with E-state index in [0.717, 1.165) is 22.3 Å². The molecule has 1 N–H and O–H groups in total. The summed E-state index contributed by atoms with van der Waals surface area (Å²) in [4.78, 5) is 7.15. The third-order valence-corrected chi connectivity index (χ3v) is 3.76. The van der Waals surface area contributed by atoms with E-state index in [-0.39, 0.29) is 0 Å². The van der Waals surface area contributed by atoms with Gasteiger partial charge in [0.25, 0.3) is 0 Å². The number of nitrogens with one attached hydrogen (secondary N) is 1. The number of halogens is 1.